The highest BCUT2D eigenvalue weighted by atomic mass is 79.9. The summed E-state index contributed by atoms with van der Waals surface area (Å²) in [5.41, 5.74) is 0.987. The minimum Gasteiger partial charge on any atom is -0.387 e. The third kappa shape index (κ3) is 3.05. The smallest absolute Gasteiger partial charge is 0.263 e. The maximum atomic E-state index is 12.3. The number of sulfonamides is 1. The van der Waals surface area contributed by atoms with Crippen molar-refractivity contribution in [3.8, 4) is 0 Å². The number of hydrogen-bond donors (Lipinski definition) is 2. The number of halogens is 1. The van der Waals surface area contributed by atoms with Crippen molar-refractivity contribution in [1.82, 2.24) is 4.98 Å². The van der Waals surface area contributed by atoms with Crippen molar-refractivity contribution in [2.45, 2.75) is 4.90 Å². The van der Waals surface area contributed by atoms with Crippen molar-refractivity contribution in [3.63, 3.8) is 0 Å². The lowest BCUT2D eigenvalue weighted by molar-refractivity contribution is 0.601. The second-order valence-electron chi connectivity index (χ2n) is 3.71. The van der Waals surface area contributed by atoms with Crippen LogP contribution < -0.4 is 10.0 Å². The third-order valence-corrected chi connectivity index (χ3v) is 4.52. The molecule has 1 aromatic carbocycles. The Hall–Kier alpha value is -1.60. The molecular formula is C12H12BrN3O2S. The molecule has 0 spiro atoms. The molecule has 0 aliphatic rings. The van der Waals surface area contributed by atoms with E-state index in [-0.39, 0.29) is 4.90 Å². The first-order chi connectivity index (χ1) is 9.04. The zero-order valence-corrected chi connectivity index (χ0v) is 12.5. The van der Waals surface area contributed by atoms with Gasteiger partial charge in [0.1, 0.15) is 4.90 Å². The molecule has 0 unspecified atom stereocenters. The van der Waals surface area contributed by atoms with Gasteiger partial charge in [-0.1, -0.05) is 12.1 Å². The monoisotopic (exact) mass is 341 g/mol. The van der Waals surface area contributed by atoms with E-state index in [4.69, 9.17) is 0 Å². The fraction of sp³-hybridized carbons (Fsp3) is 0.0833. The van der Waals surface area contributed by atoms with Gasteiger partial charge in [-0.3, -0.25) is 9.71 Å². The first kappa shape index (κ1) is 13.8. The van der Waals surface area contributed by atoms with Gasteiger partial charge in [-0.25, -0.2) is 8.42 Å². The van der Waals surface area contributed by atoms with E-state index in [2.05, 4.69) is 31.0 Å². The largest absolute Gasteiger partial charge is 0.387 e. The highest BCUT2D eigenvalue weighted by Gasteiger charge is 2.18. The van der Waals surface area contributed by atoms with Gasteiger partial charge in [0.2, 0.25) is 0 Å². The molecule has 1 aromatic heterocycles. The van der Waals surface area contributed by atoms with Gasteiger partial charge in [-0.2, -0.15) is 0 Å². The molecule has 100 valence electrons. The quantitative estimate of drug-likeness (QED) is 0.896. The van der Waals surface area contributed by atoms with Crippen molar-refractivity contribution in [1.29, 1.82) is 0 Å². The summed E-state index contributed by atoms with van der Waals surface area (Å²) >= 11 is 3.25. The van der Waals surface area contributed by atoms with E-state index < -0.39 is 10.0 Å². The van der Waals surface area contributed by atoms with E-state index in [1.807, 2.05) is 0 Å². The Balaban J connectivity index is 2.41. The summed E-state index contributed by atoms with van der Waals surface area (Å²) < 4.78 is 27.8. The van der Waals surface area contributed by atoms with Crippen LogP contribution in [0.4, 0.5) is 11.4 Å². The zero-order chi connectivity index (χ0) is 13.9. The van der Waals surface area contributed by atoms with Crippen LogP contribution in [-0.4, -0.2) is 20.4 Å². The molecule has 19 heavy (non-hydrogen) atoms. The number of aromatic nitrogens is 1. The molecule has 0 bridgehead atoms. The fourth-order valence-electron chi connectivity index (χ4n) is 1.57. The Bertz CT molecular complexity index is 689. The Kier molecular flexibility index (Phi) is 4.06. The fourth-order valence-corrected chi connectivity index (χ4v) is 3.34. The molecule has 7 heteroatoms. The zero-order valence-electron chi connectivity index (χ0n) is 10.1. The number of anilines is 2. The van der Waals surface area contributed by atoms with Crippen molar-refractivity contribution in [3.05, 3.63) is 47.2 Å². The molecule has 2 rings (SSSR count). The normalized spacial score (nSPS) is 11.1. The number of pyridine rings is 1. The topological polar surface area (TPSA) is 71.1 Å². The van der Waals surface area contributed by atoms with Crippen molar-refractivity contribution in [2.24, 2.45) is 0 Å². The number of nitrogens with one attached hydrogen (secondary N) is 2. The Morgan fingerprint density at radius 1 is 1.16 bits per heavy atom. The van der Waals surface area contributed by atoms with Crippen LogP contribution in [0, 0.1) is 0 Å². The van der Waals surface area contributed by atoms with E-state index in [9.17, 15) is 8.42 Å². The van der Waals surface area contributed by atoms with Crippen molar-refractivity contribution >= 4 is 37.3 Å². The molecule has 0 radical (unpaired) electrons. The molecule has 0 fully saturated rings. The summed E-state index contributed by atoms with van der Waals surface area (Å²) in [4.78, 5) is 4.08. The van der Waals surface area contributed by atoms with Gasteiger partial charge in [0.05, 0.1) is 15.8 Å². The predicted molar refractivity (Wildman–Crippen MR) is 78.7 cm³/mol. The molecule has 0 saturated carbocycles. The van der Waals surface area contributed by atoms with Crippen LogP contribution in [0.1, 0.15) is 0 Å². The standard InChI is InChI=1S/C12H12BrN3O2S/c1-14-11-4-2-3-5-12(11)19(17,18)16-10-6-7-15-8-9(10)13/h2-8,14H,1H3,(H,15,16). The van der Waals surface area contributed by atoms with Gasteiger partial charge in [-0.05, 0) is 34.1 Å². The number of hydrogen-bond acceptors (Lipinski definition) is 4. The molecule has 0 amide bonds. The summed E-state index contributed by atoms with van der Waals surface area (Å²) in [7, 11) is -1.97. The molecule has 5 nitrogen and oxygen atoms in total. The van der Waals surface area contributed by atoms with Crippen LogP contribution in [0.2, 0.25) is 0 Å². The van der Waals surface area contributed by atoms with E-state index in [0.717, 1.165) is 0 Å². The van der Waals surface area contributed by atoms with Crippen LogP contribution in [0.15, 0.2) is 52.1 Å². The summed E-state index contributed by atoms with van der Waals surface area (Å²) in [6.07, 6.45) is 3.05. The van der Waals surface area contributed by atoms with E-state index in [0.29, 0.717) is 15.8 Å². The first-order valence-corrected chi connectivity index (χ1v) is 7.71. The third-order valence-electron chi connectivity index (χ3n) is 2.46. The summed E-state index contributed by atoms with van der Waals surface area (Å²) in [6, 6.07) is 8.28. The molecule has 1 heterocycles. The van der Waals surface area contributed by atoms with Gasteiger partial charge < -0.3 is 5.32 Å². The summed E-state index contributed by atoms with van der Waals surface area (Å²) in [5.74, 6) is 0. The lowest BCUT2D eigenvalue weighted by Gasteiger charge is -2.12. The average molecular weight is 342 g/mol. The van der Waals surface area contributed by atoms with Crippen molar-refractivity contribution in [2.75, 3.05) is 17.1 Å². The molecule has 0 saturated heterocycles. The Morgan fingerprint density at radius 2 is 1.89 bits per heavy atom. The summed E-state index contributed by atoms with van der Waals surface area (Å²) in [5, 5.41) is 2.86. The highest BCUT2D eigenvalue weighted by Crippen LogP contribution is 2.26. The van der Waals surface area contributed by atoms with Crippen LogP contribution in [0.3, 0.4) is 0 Å². The molecule has 2 N–H and O–H groups in total. The van der Waals surface area contributed by atoms with E-state index in [1.54, 1.807) is 37.4 Å². The van der Waals surface area contributed by atoms with Crippen LogP contribution >= 0.6 is 15.9 Å². The second-order valence-corrected chi connectivity index (χ2v) is 6.21. The van der Waals surface area contributed by atoms with Crippen LogP contribution in [0.25, 0.3) is 0 Å². The van der Waals surface area contributed by atoms with Crippen molar-refractivity contribution < 1.29 is 8.42 Å². The van der Waals surface area contributed by atoms with Gasteiger partial charge in [0.15, 0.2) is 0 Å². The molecular weight excluding hydrogens is 330 g/mol. The average Bonchev–Trinajstić information content (AvgIpc) is 2.41. The van der Waals surface area contributed by atoms with Gasteiger partial charge in [0, 0.05) is 19.4 Å². The van der Waals surface area contributed by atoms with Gasteiger partial charge >= 0.3 is 0 Å². The van der Waals surface area contributed by atoms with Gasteiger partial charge in [-0.15, -0.1) is 0 Å². The SMILES string of the molecule is CNc1ccccc1S(=O)(=O)Nc1ccncc1Br. The molecule has 0 atom stereocenters. The summed E-state index contributed by atoms with van der Waals surface area (Å²) in [6.45, 7) is 0. The molecule has 0 aliphatic heterocycles. The second kappa shape index (κ2) is 5.58. The Labute approximate surface area is 120 Å². The Morgan fingerprint density at radius 3 is 2.58 bits per heavy atom. The first-order valence-electron chi connectivity index (χ1n) is 5.43. The lowest BCUT2D eigenvalue weighted by atomic mass is 10.3. The maximum absolute atomic E-state index is 12.3. The predicted octanol–water partition coefficient (Wildman–Crippen LogP) is 2.69. The van der Waals surface area contributed by atoms with Crippen LogP contribution in [0.5, 0.6) is 0 Å². The minimum atomic E-state index is -3.65. The number of para-hydroxylation sites is 1. The minimum absolute atomic E-state index is 0.196. The number of rotatable bonds is 4. The van der Waals surface area contributed by atoms with Crippen LogP contribution in [-0.2, 0) is 10.0 Å². The number of nitrogens with zero attached hydrogens (tertiary/aromatic N) is 1. The number of benzene rings is 1. The van der Waals surface area contributed by atoms with E-state index in [1.165, 1.54) is 12.4 Å². The molecule has 0 aliphatic carbocycles. The van der Waals surface area contributed by atoms with E-state index >= 15 is 0 Å². The maximum Gasteiger partial charge on any atom is 0.263 e. The highest BCUT2D eigenvalue weighted by molar-refractivity contribution is 9.10. The lowest BCUT2D eigenvalue weighted by Crippen LogP contribution is -2.15. The van der Waals surface area contributed by atoms with Gasteiger partial charge in [0.25, 0.3) is 10.0 Å². The molecule has 2 aromatic rings.